The molecule has 2 aromatic carbocycles. The summed E-state index contributed by atoms with van der Waals surface area (Å²) in [5.74, 6) is 1.53. The topological polar surface area (TPSA) is 69.7 Å². The van der Waals surface area contributed by atoms with Crippen LogP contribution in [0.15, 0.2) is 54.7 Å². The predicted molar refractivity (Wildman–Crippen MR) is 103 cm³/mol. The molecular formula is C21H18N2O4. The summed E-state index contributed by atoms with van der Waals surface area (Å²) in [6, 6.07) is 13.1. The second-order valence-electron chi connectivity index (χ2n) is 5.95. The van der Waals surface area contributed by atoms with Gasteiger partial charge in [-0.25, -0.2) is 0 Å². The van der Waals surface area contributed by atoms with Crippen LogP contribution < -0.4 is 19.5 Å². The molecule has 0 fully saturated rings. The third-order valence-corrected chi connectivity index (χ3v) is 4.17. The van der Waals surface area contributed by atoms with Crippen molar-refractivity contribution in [1.82, 2.24) is 4.98 Å². The van der Waals surface area contributed by atoms with Crippen LogP contribution in [0.1, 0.15) is 5.56 Å². The van der Waals surface area contributed by atoms with Crippen molar-refractivity contribution in [2.75, 3.05) is 25.6 Å². The summed E-state index contributed by atoms with van der Waals surface area (Å²) in [4.78, 5) is 16.7. The number of rotatable bonds is 4. The highest BCUT2D eigenvalue weighted by Gasteiger charge is 2.17. The van der Waals surface area contributed by atoms with Crippen molar-refractivity contribution in [1.29, 1.82) is 0 Å². The summed E-state index contributed by atoms with van der Waals surface area (Å²) >= 11 is 0. The zero-order valence-corrected chi connectivity index (χ0v) is 14.8. The van der Waals surface area contributed by atoms with Crippen molar-refractivity contribution in [3.05, 3.63) is 60.3 Å². The summed E-state index contributed by atoms with van der Waals surface area (Å²) in [6.45, 7) is 0.970. The number of carbonyl (C=O) groups excluding carboxylic acids is 1. The molecule has 0 saturated carbocycles. The molecule has 6 heteroatoms. The number of nitrogens with zero attached hydrogens (tertiary/aromatic N) is 1. The SMILES string of the molecule is COc1cc(/C=C/C(=O)Nc2cccc3cccnc23)cc2c1OCCO2. The van der Waals surface area contributed by atoms with Crippen LogP contribution in [0, 0.1) is 0 Å². The Morgan fingerprint density at radius 3 is 2.93 bits per heavy atom. The van der Waals surface area contributed by atoms with Gasteiger partial charge >= 0.3 is 0 Å². The first kappa shape index (κ1) is 16.9. The number of amides is 1. The van der Waals surface area contributed by atoms with Crippen LogP contribution in [-0.2, 0) is 4.79 Å². The molecule has 0 bridgehead atoms. The molecule has 1 aliphatic heterocycles. The second-order valence-corrected chi connectivity index (χ2v) is 5.95. The number of benzene rings is 2. The van der Waals surface area contributed by atoms with Gasteiger partial charge in [-0.3, -0.25) is 9.78 Å². The summed E-state index contributed by atoms with van der Waals surface area (Å²) < 4.78 is 16.6. The van der Waals surface area contributed by atoms with Crippen LogP contribution in [0.3, 0.4) is 0 Å². The maximum atomic E-state index is 12.4. The van der Waals surface area contributed by atoms with Gasteiger partial charge in [-0.2, -0.15) is 0 Å². The maximum absolute atomic E-state index is 12.4. The fourth-order valence-electron chi connectivity index (χ4n) is 2.94. The summed E-state index contributed by atoms with van der Waals surface area (Å²) in [6.07, 6.45) is 4.87. The standard InChI is InChI=1S/C21H18N2O4/c1-25-17-12-14(13-18-21(17)27-11-10-26-18)7-8-19(24)23-16-6-2-4-15-5-3-9-22-20(15)16/h2-9,12-13H,10-11H2,1H3,(H,23,24)/b8-7+. The highest BCUT2D eigenvalue weighted by molar-refractivity contribution is 6.06. The number of aromatic nitrogens is 1. The molecule has 27 heavy (non-hydrogen) atoms. The molecule has 6 nitrogen and oxygen atoms in total. The van der Waals surface area contributed by atoms with Crippen LogP contribution in [0.4, 0.5) is 5.69 Å². The zero-order valence-electron chi connectivity index (χ0n) is 14.8. The minimum Gasteiger partial charge on any atom is -0.493 e. The van der Waals surface area contributed by atoms with Gasteiger partial charge < -0.3 is 19.5 Å². The Kier molecular flexibility index (Phi) is 4.61. The van der Waals surface area contributed by atoms with Gasteiger partial charge in [0.05, 0.1) is 18.3 Å². The molecule has 0 atom stereocenters. The third-order valence-electron chi connectivity index (χ3n) is 4.17. The van der Waals surface area contributed by atoms with Crippen molar-refractivity contribution in [3.8, 4) is 17.2 Å². The Hall–Kier alpha value is -3.54. The molecule has 136 valence electrons. The first-order chi connectivity index (χ1) is 13.2. The smallest absolute Gasteiger partial charge is 0.248 e. The highest BCUT2D eigenvalue weighted by atomic mass is 16.6. The molecule has 1 amide bonds. The number of hydrogen-bond donors (Lipinski definition) is 1. The lowest BCUT2D eigenvalue weighted by molar-refractivity contribution is -0.111. The Morgan fingerprint density at radius 1 is 1.19 bits per heavy atom. The molecule has 3 aromatic rings. The lowest BCUT2D eigenvalue weighted by Crippen LogP contribution is -2.16. The predicted octanol–water partition coefficient (Wildman–Crippen LogP) is 3.67. The van der Waals surface area contributed by atoms with Gasteiger partial charge in [-0.1, -0.05) is 18.2 Å². The molecule has 0 spiro atoms. The normalized spacial score (nSPS) is 12.9. The Bertz CT molecular complexity index is 1010. The number of ether oxygens (including phenoxy) is 3. The average Bonchev–Trinajstić information content (AvgIpc) is 2.72. The van der Waals surface area contributed by atoms with Gasteiger partial charge in [0.1, 0.15) is 13.2 Å². The minimum absolute atomic E-state index is 0.248. The van der Waals surface area contributed by atoms with E-state index in [0.29, 0.717) is 36.1 Å². The largest absolute Gasteiger partial charge is 0.493 e. The summed E-state index contributed by atoms with van der Waals surface area (Å²) in [5, 5.41) is 3.84. The number of anilines is 1. The lowest BCUT2D eigenvalue weighted by Gasteiger charge is -2.20. The van der Waals surface area contributed by atoms with E-state index in [9.17, 15) is 4.79 Å². The van der Waals surface area contributed by atoms with E-state index in [1.807, 2.05) is 36.4 Å². The molecule has 4 rings (SSSR count). The number of para-hydroxylation sites is 1. The maximum Gasteiger partial charge on any atom is 0.248 e. The number of nitrogens with one attached hydrogen (secondary N) is 1. The molecule has 1 aromatic heterocycles. The molecular weight excluding hydrogens is 344 g/mol. The molecule has 1 N–H and O–H groups in total. The number of pyridine rings is 1. The van der Waals surface area contributed by atoms with Gasteiger partial charge in [0.15, 0.2) is 11.5 Å². The molecule has 1 aliphatic rings. The number of fused-ring (bicyclic) bond motifs is 2. The molecule has 2 heterocycles. The first-order valence-corrected chi connectivity index (χ1v) is 8.55. The second kappa shape index (κ2) is 7.37. The summed E-state index contributed by atoms with van der Waals surface area (Å²) in [7, 11) is 1.57. The van der Waals surface area contributed by atoms with Crippen molar-refractivity contribution < 1.29 is 19.0 Å². The van der Waals surface area contributed by atoms with Crippen LogP contribution in [0.5, 0.6) is 17.2 Å². The minimum atomic E-state index is -0.248. The number of methoxy groups -OCH3 is 1. The van der Waals surface area contributed by atoms with Crippen molar-refractivity contribution >= 4 is 28.6 Å². The molecule has 0 radical (unpaired) electrons. The monoisotopic (exact) mass is 362 g/mol. The van der Waals surface area contributed by atoms with Gasteiger partial charge in [0, 0.05) is 17.7 Å². The zero-order chi connectivity index (χ0) is 18.6. The summed E-state index contributed by atoms with van der Waals surface area (Å²) in [5.41, 5.74) is 2.20. The van der Waals surface area contributed by atoms with E-state index in [2.05, 4.69) is 10.3 Å². The first-order valence-electron chi connectivity index (χ1n) is 8.55. The van der Waals surface area contributed by atoms with Gasteiger partial charge in [0.25, 0.3) is 0 Å². The van der Waals surface area contributed by atoms with Crippen molar-refractivity contribution in [2.24, 2.45) is 0 Å². The fraction of sp³-hybridized carbons (Fsp3) is 0.143. The van der Waals surface area contributed by atoms with E-state index in [0.717, 1.165) is 16.5 Å². The number of carbonyl (C=O) groups is 1. The van der Waals surface area contributed by atoms with Gasteiger partial charge in [0.2, 0.25) is 11.7 Å². The number of hydrogen-bond acceptors (Lipinski definition) is 5. The van der Waals surface area contributed by atoms with Crippen LogP contribution in [0.25, 0.3) is 17.0 Å². The van der Waals surface area contributed by atoms with E-state index >= 15 is 0 Å². The average molecular weight is 362 g/mol. The highest BCUT2D eigenvalue weighted by Crippen LogP contribution is 2.40. The fourth-order valence-corrected chi connectivity index (χ4v) is 2.94. The quantitative estimate of drug-likeness (QED) is 0.717. The van der Waals surface area contributed by atoms with Crippen molar-refractivity contribution in [2.45, 2.75) is 0 Å². The third kappa shape index (κ3) is 3.55. The van der Waals surface area contributed by atoms with Crippen molar-refractivity contribution in [3.63, 3.8) is 0 Å². The van der Waals surface area contributed by atoms with Gasteiger partial charge in [-0.05, 0) is 35.9 Å². The molecule has 0 unspecified atom stereocenters. The van der Waals surface area contributed by atoms with Crippen LogP contribution in [-0.4, -0.2) is 31.2 Å². The molecule has 0 saturated heterocycles. The van der Waals surface area contributed by atoms with Gasteiger partial charge in [-0.15, -0.1) is 0 Å². The Labute approximate surface area is 156 Å². The van der Waals surface area contributed by atoms with E-state index in [1.165, 1.54) is 6.08 Å². The van der Waals surface area contributed by atoms with Crippen LogP contribution in [0.2, 0.25) is 0 Å². The Morgan fingerprint density at radius 2 is 2.04 bits per heavy atom. The van der Waals surface area contributed by atoms with E-state index < -0.39 is 0 Å². The van der Waals surface area contributed by atoms with Crippen LogP contribution >= 0.6 is 0 Å². The van der Waals surface area contributed by atoms with E-state index in [1.54, 1.807) is 25.4 Å². The lowest BCUT2D eigenvalue weighted by atomic mass is 10.1. The van der Waals surface area contributed by atoms with E-state index in [-0.39, 0.29) is 5.91 Å². The molecule has 0 aliphatic carbocycles. The van der Waals surface area contributed by atoms with E-state index in [4.69, 9.17) is 14.2 Å². The Balaban J connectivity index is 1.55.